The molecule has 0 aliphatic carbocycles. The first kappa shape index (κ1) is 15.5. The molecule has 0 aromatic carbocycles. The summed E-state index contributed by atoms with van der Waals surface area (Å²) in [5.41, 5.74) is 3.40. The molecule has 0 unspecified atom stereocenters. The number of aromatic nitrogens is 4. The maximum atomic E-state index is 12.6. The van der Waals surface area contributed by atoms with Crippen LogP contribution in [0.25, 0.3) is 0 Å². The van der Waals surface area contributed by atoms with Gasteiger partial charge in [-0.1, -0.05) is 0 Å². The Balaban J connectivity index is 1.78. The third-order valence-electron chi connectivity index (χ3n) is 3.96. The second-order valence-electron chi connectivity index (χ2n) is 5.44. The van der Waals surface area contributed by atoms with E-state index in [9.17, 15) is 4.79 Å². The smallest absolute Gasteiger partial charge is 0.255 e. The highest BCUT2D eigenvalue weighted by Gasteiger charge is 2.20. The maximum absolute atomic E-state index is 12.6. The van der Waals surface area contributed by atoms with E-state index in [0.717, 1.165) is 17.0 Å². The van der Waals surface area contributed by atoms with Gasteiger partial charge in [0.1, 0.15) is 0 Å². The highest BCUT2D eigenvalue weighted by molar-refractivity contribution is 7.07. The molecular weight excluding hydrogens is 310 g/mol. The van der Waals surface area contributed by atoms with Crippen LogP contribution in [0.2, 0.25) is 0 Å². The topological polar surface area (TPSA) is 64.7 Å². The van der Waals surface area contributed by atoms with Gasteiger partial charge in [-0.2, -0.15) is 21.5 Å². The molecule has 0 bridgehead atoms. The summed E-state index contributed by atoms with van der Waals surface area (Å²) in [6.07, 6.45) is 3.66. The summed E-state index contributed by atoms with van der Waals surface area (Å²) < 4.78 is 3.60. The van der Waals surface area contributed by atoms with Crippen LogP contribution in [0, 0.1) is 13.8 Å². The predicted octanol–water partition coefficient (Wildman–Crippen LogP) is 2.31. The number of hydrogen-bond donors (Lipinski definition) is 1. The maximum Gasteiger partial charge on any atom is 0.255 e. The standard InChI is InChI=1S/C16H19N5OS/c1-11-15(12(2)20(3)19-11)16(22)17-9-14(13-5-8-23-10-13)21-7-4-6-18-21/h4-8,10,14H,9H2,1-3H3,(H,17,22)/t14-/m1/s1. The molecule has 6 nitrogen and oxygen atoms in total. The first-order valence-corrected chi connectivity index (χ1v) is 8.32. The van der Waals surface area contributed by atoms with Crippen LogP contribution in [-0.2, 0) is 7.05 Å². The van der Waals surface area contributed by atoms with Gasteiger partial charge in [0.2, 0.25) is 0 Å². The molecule has 23 heavy (non-hydrogen) atoms. The lowest BCUT2D eigenvalue weighted by Crippen LogP contribution is -2.32. The molecule has 3 rings (SSSR count). The molecule has 1 N–H and O–H groups in total. The Morgan fingerprint density at radius 2 is 2.26 bits per heavy atom. The van der Waals surface area contributed by atoms with E-state index in [-0.39, 0.29) is 11.9 Å². The van der Waals surface area contributed by atoms with Crippen LogP contribution in [0.15, 0.2) is 35.3 Å². The Morgan fingerprint density at radius 1 is 1.43 bits per heavy atom. The van der Waals surface area contributed by atoms with Gasteiger partial charge < -0.3 is 5.32 Å². The Morgan fingerprint density at radius 3 is 2.83 bits per heavy atom. The minimum atomic E-state index is -0.0968. The predicted molar refractivity (Wildman–Crippen MR) is 89.7 cm³/mol. The molecule has 3 aromatic heterocycles. The summed E-state index contributed by atoms with van der Waals surface area (Å²) in [7, 11) is 1.84. The number of nitrogens with one attached hydrogen (secondary N) is 1. The van der Waals surface area contributed by atoms with Crippen molar-refractivity contribution in [2.75, 3.05) is 6.54 Å². The zero-order valence-electron chi connectivity index (χ0n) is 13.4. The number of amides is 1. The molecule has 120 valence electrons. The third-order valence-corrected chi connectivity index (χ3v) is 4.67. The molecule has 0 radical (unpaired) electrons. The Kier molecular flexibility index (Phi) is 4.29. The number of hydrogen-bond acceptors (Lipinski definition) is 4. The second-order valence-corrected chi connectivity index (χ2v) is 6.22. The fourth-order valence-corrected chi connectivity index (χ4v) is 3.38. The lowest BCUT2D eigenvalue weighted by molar-refractivity contribution is 0.0948. The van der Waals surface area contributed by atoms with Crippen LogP contribution in [0.4, 0.5) is 0 Å². The molecule has 0 saturated heterocycles. The molecule has 0 aliphatic rings. The zero-order chi connectivity index (χ0) is 16.4. The van der Waals surface area contributed by atoms with Crippen LogP contribution >= 0.6 is 11.3 Å². The quantitative estimate of drug-likeness (QED) is 0.781. The van der Waals surface area contributed by atoms with E-state index in [1.54, 1.807) is 22.2 Å². The van der Waals surface area contributed by atoms with Crippen molar-refractivity contribution < 1.29 is 4.79 Å². The van der Waals surface area contributed by atoms with Gasteiger partial charge in [0, 0.05) is 31.7 Å². The lowest BCUT2D eigenvalue weighted by Gasteiger charge is -2.17. The average Bonchev–Trinajstić information content (AvgIpc) is 3.24. The van der Waals surface area contributed by atoms with E-state index in [0.29, 0.717) is 12.1 Å². The zero-order valence-corrected chi connectivity index (χ0v) is 14.2. The molecule has 1 amide bonds. The van der Waals surface area contributed by atoms with Gasteiger partial charge in [-0.15, -0.1) is 0 Å². The minimum Gasteiger partial charge on any atom is -0.349 e. The fraction of sp³-hybridized carbons (Fsp3) is 0.312. The van der Waals surface area contributed by atoms with Crippen molar-refractivity contribution in [3.8, 4) is 0 Å². The van der Waals surface area contributed by atoms with E-state index in [1.807, 2.05) is 43.2 Å². The summed E-state index contributed by atoms with van der Waals surface area (Å²) in [5.74, 6) is -0.0968. The Bertz CT molecular complexity index is 755. The highest BCUT2D eigenvalue weighted by Crippen LogP contribution is 2.20. The van der Waals surface area contributed by atoms with Gasteiger partial charge >= 0.3 is 0 Å². The van der Waals surface area contributed by atoms with E-state index in [2.05, 4.69) is 27.0 Å². The fourth-order valence-electron chi connectivity index (χ4n) is 2.67. The number of carbonyl (C=O) groups excluding carboxylic acids is 1. The van der Waals surface area contributed by atoms with E-state index >= 15 is 0 Å². The molecule has 0 spiro atoms. The molecule has 0 saturated carbocycles. The Labute approximate surface area is 138 Å². The first-order valence-electron chi connectivity index (χ1n) is 7.37. The van der Waals surface area contributed by atoms with Crippen molar-refractivity contribution in [3.05, 3.63) is 57.8 Å². The monoisotopic (exact) mass is 329 g/mol. The van der Waals surface area contributed by atoms with Gasteiger partial charge in [-0.05, 0) is 42.3 Å². The number of thiophene rings is 1. The molecule has 7 heteroatoms. The summed E-state index contributed by atoms with van der Waals surface area (Å²) in [6.45, 7) is 4.23. The summed E-state index contributed by atoms with van der Waals surface area (Å²) in [6, 6.07) is 3.93. The van der Waals surface area contributed by atoms with Crippen molar-refractivity contribution in [1.82, 2.24) is 24.9 Å². The summed E-state index contributed by atoms with van der Waals surface area (Å²) in [4.78, 5) is 12.6. The van der Waals surface area contributed by atoms with Crippen molar-refractivity contribution in [3.63, 3.8) is 0 Å². The lowest BCUT2D eigenvalue weighted by atomic mass is 10.1. The molecular formula is C16H19N5OS. The van der Waals surface area contributed by atoms with Crippen molar-refractivity contribution >= 4 is 17.2 Å². The van der Waals surface area contributed by atoms with Gasteiger partial charge in [0.05, 0.1) is 17.3 Å². The van der Waals surface area contributed by atoms with Gasteiger partial charge in [0.25, 0.3) is 5.91 Å². The number of nitrogens with zero attached hydrogens (tertiary/aromatic N) is 4. The van der Waals surface area contributed by atoms with Crippen LogP contribution in [0.1, 0.15) is 33.4 Å². The molecule has 1 atom stereocenters. The van der Waals surface area contributed by atoms with Crippen LogP contribution in [0.5, 0.6) is 0 Å². The molecule has 3 aromatic rings. The summed E-state index contributed by atoms with van der Waals surface area (Å²) >= 11 is 1.64. The minimum absolute atomic E-state index is 0.0162. The largest absolute Gasteiger partial charge is 0.349 e. The number of rotatable bonds is 5. The van der Waals surface area contributed by atoms with E-state index in [4.69, 9.17) is 0 Å². The molecule has 0 aliphatic heterocycles. The van der Waals surface area contributed by atoms with Crippen LogP contribution < -0.4 is 5.32 Å². The average molecular weight is 329 g/mol. The van der Waals surface area contributed by atoms with E-state index < -0.39 is 0 Å². The summed E-state index contributed by atoms with van der Waals surface area (Å²) in [5, 5.41) is 15.7. The van der Waals surface area contributed by atoms with Crippen LogP contribution in [-0.4, -0.2) is 32.0 Å². The van der Waals surface area contributed by atoms with E-state index in [1.165, 1.54) is 0 Å². The third kappa shape index (κ3) is 3.05. The van der Waals surface area contributed by atoms with Gasteiger partial charge in [-0.25, -0.2) is 0 Å². The second kappa shape index (κ2) is 6.37. The first-order chi connectivity index (χ1) is 11.1. The van der Waals surface area contributed by atoms with Crippen molar-refractivity contribution in [1.29, 1.82) is 0 Å². The van der Waals surface area contributed by atoms with Crippen molar-refractivity contribution in [2.24, 2.45) is 7.05 Å². The number of carbonyl (C=O) groups is 1. The molecule has 0 fully saturated rings. The highest BCUT2D eigenvalue weighted by atomic mass is 32.1. The normalized spacial score (nSPS) is 12.3. The number of aryl methyl sites for hydroxylation is 2. The van der Waals surface area contributed by atoms with Crippen molar-refractivity contribution in [2.45, 2.75) is 19.9 Å². The van der Waals surface area contributed by atoms with Gasteiger partial charge in [0.15, 0.2) is 0 Å². The van der Waals surface area contributed by atoms with Gasteiger partial charge in [-0.3, -0.25) is 14.2 Å². The Hall–Kier alpha value is -2.41. The SMILES string of the molecule is Cc1nn(C)c(C)c1C(=O)NC[C@H](c1ccsc1)n1cccn1. The molecule has 3 heterocycles. The van der Waals surface area contributed by atoms with Crippen LogP contribution in [0.3, 0.4) is 0 Å².